The molecule has 1 aromatic carbocycles. The lowest BCUT2D eigenvalue weighted by molar-refractivity contribution is 0.627. The van der Waals surface area contributed by atoms with Crippen molar-refractivity contribution in [1.29, 1.82) is 0 Å². The second-order valence-electron chi connectivity index (χ2n) is 5.30. The van der Waals surface area contributed by atoms with E-state index in [1.807, 2.05) is 10.8 Å². The molecule has 2 aromatic heterocycles. The molecule has 0 spiro atoms. The number of hydrogen-bond acceptors (Lipinski definition) is 4. The van der Waals surface area contributed by atoms with E-state index in [0.717, 1.165) is 24.2 Å². The Bertz CT molecular complexity index is 812. The number of imidazole rings is 1. The van der Waals surface area contributed by atoms with Gasteiger partial charge in [-0.2, -0.15) is 0 Å². The van der Waals surface area contributed by atoms with Crippen LogP contribution in [-0.4, -0.2) is 19.5 Å². The molecule has 0 saturated heterocycles. The normalized spacial score (nSPS) is 10.9. The van der Waals surface area contributed by atoms with Crippen LogP contribution in [0.25, 0.3) is 11.4 Å². The molecule has 0 aliphatic rings. The predicted molar refractivity (Wildman–Crippen MR) is 87.2 cm³/mol. The number of benzene rings is 1. The van der Waals surface area contributed by atoms with E-state index >= 15 is 0 Å². The van der Waals surface area contributed by atoms with Gasteiger partial charge in [-0.25, -0.2) is 14.4 Å². The lowest BCUT2D eigenvalue weighted by Crippen LogP contribution is -2.10. The summed E-state index contributed by atoms with van der Waals surface area (Å²) >= 11 is 0. The molecule has 0 aliphatic heterocycles. The molecular weight excluding hydrogens is 293 g/mol. The van der Waals surface area contributed by atoms with Crippen LogP contribution < -0.4 is 5.73 Å². The summed E-state index contributed by atoms with van der Waals surface area (Å²) in [6.45, 7) is 2.56. The van der Waals surface area contributed by atoms with Crippen LogP contribution in [0.3, 0.4) is 0 Å². The highest BCUT2D eigenvalue weighted by Gasteiger charge is 2.13. The Morgan fingerprint density at radius 3 is 2.78 bits per heavy atom. The standard InChI is InChI=1S/C17H18FN5/c1-2-5-14-15(21-10-16(19)22-14)11-23-9-8-20-17(23)12-6-3-4-7-13(12)18/h3-4,6-10H,2,5,11H2,1H3,(H2,19,22). The Morgan fingerprint density at radius 1 is 1.17 bits per heavy atom. The minimum absolute atomic E-state index is 0.294. The van der Waals surface area contributed by atoms with Crippen molar-refractivity contribution in [2.45, 2.75) is 26.3 Å². The van der Waals surface area contributed by atoms with E-state index in [2.05, 4.69) is 21.9 Å². The van der Waals surface area contributed by atoms with E-state index in [9.17, 15) is 4.39 Å². The maximum atomic E-state index is 14.0. The van der Waals surface area contributed by atoms with E-state index in [-0.39, 0.29) is 5.82 Å². The Labute approximate surface area is 134 Å². The molecule has 2 N–H and O–H groups in total. The average Bonchev–Trinajstić information content (AvgIpc) is 2.99. The summed E-state index contributed by atoms with van der Waals surface area (Å²) in [4.78, 5) is 13.1. The van der Waals surface area contributed by atoms with Gasteiger partial charge in [0.25, 0.3) is 0 Å². The van der Waals surface area contributed by atoms with Gasteiger partial charge in [0.1, 0.15) is 17.5 Å². The van der Waals surface area contributed by atoms with Crippen molar-refractivity contribution >= 4 is 5.82 Å². The summed E-state index contributed by atoms with van der Waals surface area (Å²) in [7, 11) is 0. The third-order valence-electron chi connectivity index (χ3n) is 3.59. The second kappa shape index (κ2) is 6.56. The third kappa shape index (κ3) is 3.21. The Hall–Kier alpha value is -2.76. The quantitative estimate of drug-likeness (QED) is 0.786. The van der Waals surface area contributed by atoms with Crippen molar-refractivity contribution < 1.29 is 4.39 Å². The predicted octanol–water partition coefficient (Wildman–Crippen LogP) is 3.06. The first-order chi connectivity index (χ1) is 11.2. The molecule has 0 atom stereocenters. The van der Waals surface area contributed by atoms with E-state index in [1.54, 1.807) is 30.6 Å². The van der Waals surface area contributed by atoms with Crippen LogP contribution in [-0.2, 0) is 13.0 Å². The number of nitrogens with zero attached hydrogens (tertiary/aromatic N) is 4. The molecule has 0 fully saturated rings. The van der Waals surface area contributed by atoms with Crippen LogP contribution in [0.1, 0.15) is 24.7 Å². The van der Waals surface area contributed by atoms with Gasteiger partial charge >= 0.3 is 0 Å². The minimum atomic E-state index is -0.294. The number of aryl methyl sites for hydroxylation is 1. The first-order valence-corrected chi connectivity index (χ1v) is 7.55. The van der Waals surface area contributed by atoms with Crippen LogP contribution in [0.2, 0.25) is 0 Å². The number of rotatable bonds is 5. The van der Waals surface area contributed by atoms with Crippen LogP contribution in [0, 0.1) is 5.82 Å². The van der Waals surface area contributed by atoms with Gasteiger partial charge in [-0.05, 0) is 18.6 Å². The van der Waals surface area contributed by atoms with Crippen molar-refractivity contribution in [3.05, 3.63) is 60.1 Å². The van der Waals surface area contributed by atoms with E-state index in [4.69, 9.17) is 5.73 Å². The van der Waals surface area contributed by atoms with Crippen LogP contribution in [0.5, 0.6) is 0 Å². The zero-order chi connectivity index (χ0) is 16.2. The Kier molecular flexibility index (Phi) is 4.32. The summed E-state index contributed by atoms with van der Waals surface area (Å²) in [6, 6.07) is 6.61. The maximum absolute atomic E-state index is 14.0. The average molecular weight is 311 g/mol. The SMILES string of the molecule is CCCc1nc(N)cnc1Cn1ccnc1-c1ccccc1F. The second-order valence-corrected chi connectivity index (χ2v) is 5.30. The molecule has 5 nitrogen and oxygen atoms in total. The molecular formula is C17H18FN5. The molecule has 0 aliphatic carbocycles. The number of nitrogens with two attached hydrogens (primary N) is 1. The first kappa shape index (κ1) is 15.1. The molecule has 0 amide bonds. The molecule has 6 heteroatoms. The van der Waals surface area contributed by atoms with E-state index in [1.165, 1.54) is 6.07 Å². The van der Waals surface area contributed by atoms with Gasteiger partial charge in [0, 0.05) is 12.4 Å². The molecule has 3 aromatic rings. The van der Waals surface area contributed by atoms with Crippen LogP contribution in [0.4, 0.5) is 10.2 Å². The van der Waals surface area contributed by atoms with E-state index < -0.39 is 0 Å². The van der Waals surface area contributed by atoms with Gasteiger partial charge in [0.2, 0.25) is 0 Å². The van der Waals surface area contributed by atoms with Gasteiger partial charge in [0.05, 0.1) is 29.7 Å². The lowest BCUT2D eigenvalue weighted by atomic mass is 10.1. The van der Waals surface area contributed by atoms with Crippen molar-refractivity contribution in [2.24, 2.45) is 0 Å². The van der Waals surface area contributed by atoms with Gasteiger partial charge < -0.3 is 10.3 Å². The van der Waals surface area contributed by atoms with Gasteiger partial charge in [-0.1, -0.05) is 25.5 Å². The topological polar surface area (TPSA) is 69.6 Å². The molecule has 0 unspecified atom stereocenters. The zero-order valence-corrected chi connectivity index (χ0v) is 12.9. The number of halogens is 1. The van der Waals surface area contributed by atoms with Gasteiger partial charge in [0.15, 0.2) is 0 Å². The summed E-state index contributed by atoms with van der Waals surface area (Å²) in [6.07, 6.45) is 6.78. The number of anilines is 1. The van der Waals surface area contributed by atoms with Crippen molar-refractivity contribution in [1.82, 2.24) is 19.5 Å². The fraction of sp³-hybridized carbons (Fsp3) is 0.235. The van der Waals surface area contributed by atoms with Gasteiger partial charge in [-0.15, -0.1) is 0 Å². The summed E-state index contributed by atoms with van der Waals surface area (Å²) < 4.78 is 15.9. The van der Waals surface area contributed by atoms with Crippen molar-refractivity contribution in [3.8, 4) is 11.4 Å². The van der Waals surface area contributed by atoms with Crippen molar-refractivity contribution in [3.63, 3.8) is 0 Å². The Morgan fingerprint density at radius 2 is 2.00 bits per heavy atom. The molecule has 0 bridgehead atoms. The fourth-order valence-corrected chi connectivity index (χ4v) is 2.52. The molecule has 2 heterocycles. The summed E-state index contributed by atoms with van der Waals surface area (Å²) in [5, 5.41) is 0. The van der Waals surface area contributed by atoms with Crippen LogP contribution >= 0.6 is 0 Å². The maximum Gasteiger partial charge on any atom is 0.143 e. The fourth-order valence-electron chi connectivity index (χ4n) is 2.52. The molecule has 23 heavy (non-hydrogen) atoms. The monoisotopic (exact) mass is 311 g/mol. The number of hydrogen-bond donors (Lipinski definition) is 1. The highest BCUT2D eigenvalue weighted by atomic mass is 19.1. The molecule has 0 saturated carbocycles. The minimum Gasteiger partial charge on any atom is -0.382 e. The number of nitrogen functional groups attached to an aromatic ring is 1. The molecule has 0 radical (unpaired) electrons. The third-order valence-corrected chi connectivity index (χ3v) is 3.59. The number of aromatic nitrogens is 4. The zero-order valence-electron chi connectivity index (χ0n) is 12.9. The highest BCUT2D eigenvalue weighted by molar-refractivity contribution is 5.56. The van der Waals surface area contributed by atoms with Gasteiger partial charge in [-0.3, -0.25) is 4.98 Å². The molecule has 118 valence electrons. The molecule has 3 rings (SSSR count). The van der Waals surface area contributed by atoms with Crippen LogP contribution in [0.15, 0.2) is 42.9 Å². The smallest absolute Gasteiger partial charge is 0.143 e. The lowest BCUT2D eigenvalue weighted by Gasteiger charge is -2.11. The summed E-state index contributed by atoms with van der Waals surface area (Å²) in [5.74, 6) is 0.693. The highest BCUT2D eigenvalue weighted by Crippen LogP contribution is 2.22. The largest absolute Gasteiger partial charge is 0.382 e. The summed E-state index contributed by atoms with van der Waals surface area (Å²) in [5.41, 5.74) is 7.91. The van der Waals surface area contributed by atoms with Crippen molar-refractivity contribution in [2.75, 3.05) is 5.73 Å². The first-order valence-electron chi connectivity index (χ1n) is 7.55. The Balaban J connectivity index is 1.97. The van der Waals surface area contributed by atoms with E-state index in [0.29, 0.717) is 23.8 Å².